The smallest absolute Gasteiger partial charge is 0.131 e. The molecule has 1 aromatic heterocycles. The third kappa shape index (κ3) is 2.06. The van der Waals surface area contributed by atoms with E-state index in [2.05, 4.69) is 10.5 Å². The van der Waals surface area contributed by atoms with Crippen LogP contribution in [0.2, 0.25) is 0 Å². The molecule has 1 aliphatic rings. The van der Waals surface area contributed by atoms with Gasteiger partial charge >= 0.3 is 0 Å². The molecular weight excluding hydrogens is 226 g/mol. The lowest BCUT2D eigenvalue weighted by atomic mass is 10.1. The van der Waals surface area contributed by atoms with Gasteiger partial charge in [0.2, 0.25) is 0 Å². The van der Waals surface area contributed by atoms with Crippen LogP contribution in [0.3, 0.4) is 0 Å². The van der Waals surface area contributed by atoms with Gasteiger partial charge in [0.05, 0.1) is 5.70 Å². The van der Waals surface area contributed by atoms with E-state index in [4.69, 9.17) is 10.6 Å². The van der Waals surface area contributed by atoms with Crippen molar-refractivity contribution in [2.45, 2.75) is 6.10 Å². The fourth-order valence-electron chi connectivity index (χ4n) is 1.88. The first-order valence-corrected chi connectivity index (χ1v) is 5.72. The van der Waals surface area contributed by atoms with Gasteiger partial charge in [-0.1, -0.05) is 12.1 Å². The lowest BCUT2D eigenvalue weighted by molar-refractivity contribution is 0.0511. The van der Waals surface area contributed by atoms with Crippen LogP contribution in [0.15, 0.2) is 54.9 Å². The van der Waals surface area contributed by atoms with E-state index >= 15 is 0 Å². The number of hydrogen-bond donors (Lipinski definition) is 2. The van der Waals surface area contributed by atoms with E-state index < -0.39 is 0 Å². The van der Waals surface area contributed by atoms with Gasteiger partial charge in [-0.25, -0.2) is 0 Å². The van der Waals surface area contributed by atoms with E-state index in [0.717, 1.165) is 22.5 Å². The number of hydrogen-bond acceptors (Lipinski definition) is 4. The fraction of sp³-hybridized carbons (Fsp3) is 0.0714. The van der Waals surface area contributed by atoms with E-state index in [0.29, 0.717) is 0 Å². The van der Waals surface area contributed by atoms with Crippen molar-refractivity contribution in [1.82, 2.24) is 10.5 Å². The van der Waals surface area contributed by atoms with Crippen molar-refractivity contribution in [2.75, 3.05) is 5.73 Å². The van der Waals surface area contributed by atoms with Gasteiger partial charge in [-0.15, -0.1) is 0 Å². The van der Waals surface area contributed by atoms with Gasteiger partial charge in [0, 0.05) is 23.6 Å². The second-order valence-corrected chi connectivity index (χ2v) is 4.12. The van der Waals surface area contributed by atoms with Crippen LogP contribution >= 0.6 is 0 Å². The summed E-state index contributed by atoms with van der Waals surface area (Å²) in [6.07, 6.45) is 5.47. The molecule has 18 heavy (non-hydrogen) atoms. The van der Waals surface area contributed by atoms with E-state index in [9.17, 15) is 0 Å². The maximum absolute atomic E-state index is 5.66. The van der Waals surface area contributed by atoms with Crippen molar-refractivity contribution >= 4 is 11.4 Å². The molecule has 90 valence electrons. The minimum Gasteiger partial charge on any atom is -0.399 e. The molecule has 0 saturated carbocycles. The molecule has 0 aliphatic carbocycles. The second-order valence-electron chi connectivity index (χ2n) is 4.12. The Morgan fingerprint density at radius 2 is 1.78 bits per heavy atom. The normalized spacial score (nSPS) is 18.2. The van der Waals surface area contributed by atoms with Crippen LogP contribution in [-0.2, 0) is 4.84 Å². The lowest BCUT2D eigenvalue weighted by Gasteiger charge is -2.07. The molecule has 2 aromatic rings. The molecule has 0 spiro atoms. The first-order chi connectivity index (χ1) is 8.83. The highest BCUT2D eigenvalue weighted by atomic mass is 16.7. The molecule has 0 fully saturated rings. The Morgan fingerprint density at radius 1 is 1.06 bits per heavy atom. The molecule has 1 aliphatic heterocycles. The molecule has 4 nitrogen and oxygen atoms in total. The predicted octanol–water partition coefficient (Wildman–Crippen LogP) is 2.28. The highest BCUT2D eigenvalue weighted by Crippen LogP contribution is 2.28. The summed E-state index contributed by atoms with van der Waals surface area (Å²) in [5.41, 5.74) is 12.4. The van der Waals surface area contributed by atoms with E-state index in [1.165, 1.54) is 0 Å². The summed E-state index contributed by atoms with van der Waals surface area (Å²) in [5, 5.41) is 0. The number of nitrogens with two attached hydrogens (primary N) is 1. The van der Waals surface area contributed by atoms with Crippen LogP contribution in [0.4, 0.5) is 5.69 Å². The van der Waals surface area contributed by atoms with Crippen molar-refractivity contribution in [3.63, 3.8) is 0 Å². The molecule has 0 radical (unpaired) electrons. The van der Waals surface area contributed by atoms with Gasteiger partial charge in [-0.3, -0.25) is 15.3 Å². The van der Waals surface area contributed by atoms with Gasteiger partial charge in [0.15, 0.2) is 0 Å². The Labute approximate surface area is 105 Å². The maximum Gasteiger partial charge on any atom is 0.131 e. The van der Waals surface area contributed by atoms with Crippen LogP contribution in [-0.4, -0.2) is 4.98 Å². The van der Waals surface area contributed by atoms with Crippen molar-refractivity contribution in [3.05, 3.63) is 66.0 Å². The first-order valence-electron chi connectivity index (χ1n) is 5.72. The third-order valence-electron chi connectivity index (χ3n) is 2.87. The number of nitrogens with one attached hydrogen (secondary N) is 1. The van der Waals surface area contributed by atoms with Crippen LogP contribution in [0.1, 0.15) is 17.2 Å². The number of rotatable bonds is 2. The van der Waals surface area contributed by atoms with Gasteiger partial charge < -0.3 is 5.73 Å². The Bertz CT molecular complexity index is 563. The van der Waals surface area contributed by atoms with Gasteiger partial charge in [-0.2, -0.15) is 0 Å². The van der Waals surface area contributed by atoms with Crippen LogP contribution in [0.25, 0.3) is 5.70 Å². The number of benzene rings is 1. The molecule has 0 amide bonds. The zero-order valence-corrected chi connectivity index (χ0v) is 9.71. The Hall–Kier alpha value is -2.33. The number of aromatic nitrogens is 1. The van der Waals surface area contributed by atoms with Crippen LogP contribution in [0.5, 0.6) is 0 Å². The van der Waals surface area contributed by atoms with Gasteiger partial charge in [0.25, 0.3) is 0 Å². The van der Waals surface area contributed by atoms with E-state index in [1.807, 2.05) is 42.5 Å². The fourth-order valence-corrected chi connectivity index (χ4v) is 1.88. The maximum atomic E-state index is 5.66. The number of pyridine rings is 1. The van der Waals surface area contributed by atoms with E-state index in [1.54, 1.807) is 12.4 Å². The first kappa shape index (κ1) is 10.8. The van der Waals surface area contributed by atoms with Gasteiger partial charge in [0.1, 0.15) is 6.10 Å². The number of nitrogens with zero attached hydrogens (tertiary/aromatic N) is 1. The summed E-state index contributed by atoms with van der Waals surface area (Å²) in [4.78, 5) is 9.54. The molecule has 1 atom stereocenters. The zero-order valence-electron chi connectivity index (χ0n) is 9.71. The summed E-state index contributed by atoms with van der Waals surface area (Å²) < 4.78 is 0. The Balaban J connectivity index is 1.85. The summed E-state index contributed by atoms with van der Waals surface area (Å²) in [7, 11) is 0. The van der Waals surface area contributed by atoms with Crippen molar-refractivity contribution in [3.8, 4) is 0 Å². The van der Waals surface area contributed by atoms with Crippen LogP contribution in [0, 0.1) is 0 Å². The Morgan fingerprint density at radius 3 is 2.50 bits per heavy atom. The monoisotopic (exact) mass is 239 g/mol. The quantitative estimate of drug-likeness (QED) is 0.789. The molecule has 0 saturated heterocycles. The SMILES string of the molecule is Nc1ccc(C2C=C(c3ccncc3)NO2)cc1. The highest BCUT2D eigenvalue weighted by molar-refractivity contribution is 5.65. The predicted molar refractivity (Wildman–Crippen MR) is 70.0 cm³/mol. The van der Waals surface area contributed by atoms with Crippen molar-refractivity contribution in [2.24, 2.45) is 0 Å². The summed E-state index contributed by atoms with van der Waals surface area (Å²) in [5.74, 6) is 0. The van der Waals surface area contributed by atoms with E-state index in [-0.39, 0.29) is 6.10 Å². The highest BCUT2D eigenvalue weighted by Gasteiger charge is 2.18. The van der Waals surface area contributed by atoms with Crippen LogP contribution < -0.4 is 11.2 Å². The molecular formula is C14H13N3O. The number of nitrogen functional groups attached to an aromatic ring is 1. The summed E-state index contributed by atoms with van der Waals surface area (Å²) >= 11 is 0. The Kier molecular flexibility index (Phi) is 2.70. The molecule has 1 aromatic carbocycles. The summed E-state index contributed by atoms with van der Waals surface area (Å²) in [6, 6.07) is 11.6. The minimum absolute atomic E-state index is 0.0891. The molecule has 4 heteroatoms. The van der Waals surface area contributed by atoms with Gasteiger partial charge in [-0.05, 0) is 35.9 Å². The largest absolute Gasteiger partial charge is 0.399 e. The summed E-state index contributed by atoms with van der Waals surface area (Å²) in [6.45, 7) is 0. The standard InChI is InChI=1S/C14H13N3O/c15-12-3-1-11(2-4-12)14-9-13(17-18-14)10-5-7-16-8-6-10/h1-9,14,17H,15H2. The average Bonchev–Trinajstić information content (AvgIpc) is 2.90. The van der Waals surface area contributed by atoms with Crippen molar-refractivity contribution < 1.29 is 4.84 Å². The van der Waals surface area contributed by atoms with Crippen molar-refractivity contribution in [1.29, 1.82) is 0 Å². The zero-order chi connectivity index (χ0) is 12.4. The molecule has 3 N–H and O–H groups in total. The molecule has 1 unspecified atom stereocenters. The molecule has 0 bridgehead atoms. The minimum atomic E-state index is -0.0891. The lowest BCUT2D eigenvalue weighted by Crippen LogP contribution is -2.07. The number of anilines is 1. The molecule has 2 heterocycles. The topological polar surface area (TPSA) is 60.2 Å². The number of hydroxylamine groups is 1. The molecule has 3 rings (SSSR count). The average molecular weight is 239 g/mol. The second kappa shape index (κ2) is 4.50. The third-order valence-corrected chi connectivity index (χ3v) is 2.87.